The van der Waals surface area contributed by atoms with Gasteiger partial charge in [0.1, 0.15) is 11.6 Å². The highest BCUT2D eigenvalue weighted by atomic mass is 16.5. The van der Waals surface area contributed by atoms with E-state index in [1.165, 1.54) is 0 Å². The molecule has 0 spiro atoms. The van der Waals surface area contributed by atoms with Gasteiger partial charge < -0.3 is 9.72 Å². The van der Waals surface area contributed by atoms with Gasteiger partial charge in [-0.2, -0.15) is 5.10 Å². The minimum atomic E-state index is -0.240. The van der Waals surface area contributed by atoms with Gasteiger partial charge in [-0.3, -0.25) is 4.79 Å². The number of hydrogen-bond acceptors (Lipinski definition) is 4. The number of allylic oxidation sites excluding steroid dienone is 2. The van der Waals surface area contributed by atoms with Crippen molar-refractivity contribution in [1.82, 2.24) is 19.7 Å². The molecule has 1 N–H and O–H groups in total. The van der Waals surface area contributed by atoms with Crippen LogP contribution < -0.4 is 4.74 Å². The smallest absolute Gasteiger partial charge is 0.222 e. The Morgan fingerprint density at radius 3 is 2.89 bits per heavy atom. The molecule has 1 aromatic carbocycles. The third-order valence-electron chi connectivity index (χ3n) is 5.30. The molecule has 3 aromatic rings. The van der Waals surface area contributed by atoms with Crippen molar-refractivity contribution in [3.63, 3.8) is 0 Å². The molecule has 2 aliphatic rings. The molecule has 6 heteroatoms. The first-order valence-electron chi connectivity index (χ1n) is 9.27. The van der Waals surface area contributed by atoms with Crippen LogP contribution in [0.25, 0.3) is 0 Å². The Morgan fingerprint density at radius 2 is 2.11 bits per heavy atom. The summed E-state index contributed by atoms with van der Waals surface area (Å²) in [5, 5.41) is 4.74. The summed E-state index contributed by atoms with van der Waals surface area (Å²) in [6, 6.07) is 10.2. The lowest BCUT2D eigenvalue weighted by Gasteiger charge is -2.30. The highest BCUT2D eigenvalue weighted by Crippen LogP contribution is 2.47. The number of nitrogens with one attached hydrogen (secondary N) is 1. The van der Waals surface area contributed by atoms with Crippen molar-refractivity contribution in [2.45, 2.75) is 38.6 Å². The predicted octanol–water partition coefficient (Wildman–Crippen LogP) is 3.49. The van der Waals surface area contributed by atoms with E-state index in [1.807, 2.05) is 29.8 Å². The minimum absolute atomic E-state index is 0.151. The number of Topliss-reactive ketones (excluding diaryl/α,β-unsaturated/α-hetero) is 1. The molecule has 1 aliphatic heterocycles. The summed E-state index contributed by atoms with van der Waals surface area (Å²) >= 11 is 0. The van der Waals surface area contributed by atoms with Crippen molar-refractivity contribution >= 4 is 5.78 Å². The second-order valence-corrected chi connectivity index (χ2v) is 7.07. The quantitative estimate of drug-likeness (QED) is 0.776. The number of imidazole rings is 1. The van der Waals surface area contributed by atoms with Crippen LogP contribution in [0, 0.1) is 6.92 Å². The number of H-pyrrole nitrogens is 1. The first-order valence-corrected chi connectivity index (χ1v) is 9.27. The normalized spacial score (nSPS) is 18.9. The number of carbonyl (C=O) groups is 1. The van der Waals surface area contributed by atoms with Crippen molar-refractivity contribution < 1.29 is 9.53 Å². The van der Waals surface area contributed by atoms with Gasteiger partial charge in [0.2, 0.25) is 5.88 Å². The SMILES string of the molecule is Cc1nn(Cc2ccccc2)c2c1C(c1ncc[nH]1)C1=C(CCCC1=O)O2. The second kappa shape index (κ2) is 6.23. The average molecular weight is 360 g/mol. The molecule has 136 valence electrons. The molecule has 0 radical (unpaired) electrons. The molecule has 1 unspecified atom stereocenters. The second-order valence-electron chi connectivity index (χ2n) is 7.07. The van der Waals surface area contributed by atoms with Crippen LogP contribution in [0.4, 0.5) is 0 Å². The summed E-state index contributed by atoms with van der Waals surface area (Å²) in [6.07, 6.45) is 5.67. The molecule has 2 aromatic heterocycles. The molecule has 0 bridgehead atoms. The summed E-state index contributed by atoms with van der Waals surface area (Å²) < 4.78 is 8.18. The Kier molecular flexibility index (Phi) is 3.70. The van der Waals surface area contributed by atoms with Crippen molar-refractivity contribution in [2.75, 3.05) is 0 Å². The zero-order valence-electron chi connectivity index (χ0n) is 15.1. The van der Waals surface area contributed by atoms with Crippen molar-refractivity contribution in [1.29, 1.82) is 0 Å². The lowest BCUT2D eigenvalue weighted by molar-refractivity contribution is -0.116. The summed E-state index contributed by atoms with van der Waals surface area (Å²) in [4.78, 5) is 20.4. The number of ketones is 1. The molecule has 0 amide bonds. The van der Waals surface area contributed by atoms with Crippen LogP contribution in [0.2, 0.25) is 0 Å². The highest BCUT2D eigenvalue weighted by molar-refractivity contribution is 5.99. The van der Waals surface area contributed by atoms with Crippen LogP contribution in [0.3, 0.4) is 0 Å². The number of rotatable bonds is 3. The lowest BCUT2D eigenvalue weighted by Crippen LogP contribution is -2.26. The van der Waals surface area contributed by atoms with E-state index < -0.39 is 0 Å². The first-order chi connectivity index (χ1) is 13.2. The maximum Gasteiger partial charge on any atom is 0.222 e. The number of hydrogen-bond donors (Lipinski definition) is 1. The zero-order chi connectivity index (χ0) is 18.4. The molecule has 3 heterocycles. The van der Waals surface area contributed by atoms with E-state index in [0.29, 0.717) is 13.0 Å². The van der Waals surface area contributed by atoms with Crippen molar-refractivity contribution in [2.24, 2.45) is 0 Å². The molecular formula is C21H20N4O2. The fourth-order valence-corrected chi connectivity index (χ4v) is 4.11. The zero-order valence-corrected chi connectivity index (χ0v) is 15.1. The van der Waals surface area contributed by atoms with Crippen LogP contribution in [-0.4, -0.2) is 25.5 Å². The highest BCUT2D eigenvalue weighted by Gasteiger charge is 2.41. The third kappa shape index (κ3) is 2.60. The van der Waals surface area contributed by atoms with Crippen LogP contribution >= 0.6 is 0 Å². The molecule has 0 saturated heterocycles. The first kappa shape index (κ1) is 16.1. The van der Waals surface area contributed by atoms with E-state index in [-0.39, 0.29) is 11.7 Å². The van der Waals surface area contributed by atoms with Gasteiger partial charge in [0, 0.05) is 30.8 Å². The topological polar surface area (TPSA) is 72.8 Å². The van der Waals surface area contributed by atoms with E-state index in [1.54, 1.807) is 12.4 Å². The van der Waals surface area contributed by atoms with E-state index >= 15 is 0 Å². The molecule has 1 aliphatic carbocycles. The Bertz CT molecular complexity index is 1030. The number of ether oxygens (including phenoxy) is 1. The molecule has 6 nitrogen and oxygen atoms in total. The molecular weight excluding hydrogens is 340 g/mol. The van der Waals surface area contributed by atoms with E-state index in [2.05, 4.69) is 22.1 Å². The fourth-order valence-electron chi connectivity index (χ4n) is 4.11. The van der Waals surface area contributed by atoms with Gasteiger partial charge in [0.05, 0.1) is 23.7 Å². The number of carbonyl (C=O) groups excluding carboxylic acids is 1. The maximum atomic E-state index is 12.7. The van der Waals surface area contributed by atoms with Crippen LogP contribution in [0.1, 0.15) is 47.8 Å². The average Bonchev–Trinajstić information content (AvgIpc) is 3.31. The summed E-state index contributed by atoms with van der Waals surface area (Å²) in [7, 11) is 0. The van der Waals surface area contributed by atoms with Crippen molar-refractivity contribution in [3.8, 4) is 5.88 Å². The molecule has 27 heavy (non-hydrogen) atoms. The molecule has 5 rings (SSSR count). The largest absolute Gasteiger partial charge is 0.443 e. The molecule has 0 fully saturated rings. The summed E-state index contributed by atoms with van der Waals surface area (Å²) in [5.41, 5.74) is 3.70. The van der Waals surface area contributed by atoms with Crippen LogP contribution in [0.5, 0.6) is 5.88 Å². The summed E-state index contributed by atoms with van der Waals surface area (Å²) in [6.45, 7) is 2.59. The van der Waals surface area contributed by atoms with Crippen LogP contribution in [0.15, 0.2) is 54.1 Å². The Morgan fingerprint density at radius 1 is 1.26 bits per heavy atom. The van der Waals surface area contributed by atoms with Gasteiger partial charge in [-0.15, -0.1) is 0 Å². The Balaban J connectivity index is 1.66. The van der Waals surface area contributed by atoms with Crippen molar-refractivity contribution in [3.05, 3.63) is 76.7 Å². The number of fused-ring (bicyclic) bond motifs is 1. The predicted molar refractivity (Wildman–Crippen MR) is 99.5 cm³/mol. The fraction of sp³-hybridized carbons (Fsp3) is 0.286. The number of benzene rings is 1. The molecule has 0 saturated carbocycles. The monoisotopic (exact) mass is 360 g/mol. The Labute approximate surface area is 156 Å². The number of aromatic amines is 1. The molecule has 1 atom stereocenters. The number of aryl methyl sites for hydroxylation is 1. The van der Waals surface area contributed by atoms with E-state index in [9.17, 15) is 4.79 Å². The lowest BCUT2D eigenvalue weighted by atomic mass is 9.80. The maximum absolute atomic E-state index is 12.7. The van der Waals surface area contributed by atoms with Crippen LogP contribution in [-0.2, 0) is 11.3 Å². The standard InChI is InChI=1S/C21H20N4O2/c1-13-17-19(20-22-10-11-23-20)18-15(26)8-5-9-16(18)27-21(17)25(24-13)12-14-6-3-2-4-7-14/h2-4,6-7,10-11,19H,5,8-9,12H2,1H3,(H,22,23). The van der Waals surface area contributed by atoms with Gasteiger partial charge in [-0.05, 0) is 18.9 Å². The number of nitrogens with zero attached hydrogens (tertiary/aromatic N) is 3. The minimum Gasteiger partial charge on any atom is -0.443 e. The Hall–Kier alpha value is -3.15. The number of aromatic nitrogens is 4. The van der Waals surface area contributed by atoms with E-state index in [4.69, 9.17) is 9.84 Å². The van der Waals surface area contributed by atoms with Gasteiger partial charge in [-0.25, -0.2) is 9.67 Å². The van der Waals surface area contributed by atoms with E-state index in [0.717, 1.165) is 52.7 Å². The third-order valence-corrected chi connectivity index (χ3v) is 5.30. The van der Waals surface area contributed by atoms with Gasteiger partial charge in [0.25, 0.3) is 0 Å². The van der Waals surface area contributed by atoms with Gasteiger partial charge in [0.15, 0.2) is 5.78 Å². The summed E-state index contributed by atoms with van der Waals surface area (Å²) in [5.74, 6) is 2.18. The van der Waals surface area contributed by atoms with Gasteiger partial charge in [-0.1, -0.05) is 30.3 Å². The van der Waals surface area contributed by atoms with Gasteiger partial charge >= 0.3 is 0 Å².